The van der Waals surface area contributed by atoms with Gasteiger partial charge in [-0.25, -0.2) is 18.4 Å². The molecule has 0 atom stereocenters. The molecule has 0 saturated heterocycles. The Morgan fingerprint density at radius 2 is 1.83 bits per heavy atom. The number of carbonyl (C=O) groups is 2. The number of benzene rings is 1. The minimum absolute atomic E-state index is 0.0687. The Kier molecular flexibility index (Phi) is 6.15. The van der Waals surface area contributed by atoms with Crippen molar-refractivity contribution in [3.63, 3.8) is 0 Å². The van der Waals surface area contributed by atoms with Gasteiger partial charge in [0, 0.05) is 10.2 Å². The van der Waals surface area contributed by atoms with E-state index in [0.717, 1.165) is 8.26 Å². The van der Waals surface area contributed by atoms with Gasteiger partial charge in [-0.15, -0.1) is 11.3 Å². The summed E-state index contributed by atoms with van der Waals surface area (Å²) >= 11 is 7.69. The zero-order valence-corrected chi connectivity index (χ0v) is 16.6. The van der Waals surface area contributed by atoms with E-state index in [1.807, 2.05) is 0 Å². The van der Waals surface area contributed by atoms with Gasteiger partial charge in [0.25, 0.3) is 5.91 Å². The first-order valence-electron chi connectivity index (χ1n) is 6.21. The molecule has 1 heterocycles. The lowest BCUT2D eigenvalue weighted by Crippen LogP contribution is -2.20. The van der Waals surface area contributed by atoms with Crippen LogP contribution in [0.15, 0.2) is 43.5 Å². The van der Waals surface area contributed by atoms with Crippen LogP contribution in [0.2, 0.25) is 0 Å². The first-order valence-corrected chi connectivity index (χ1v) is 10.2. The fraction of sp³-hybridized carbons (Fsp3) is 0.0769. The van der Waals surface area contributed by atoms with Gasteiger partial charge < -0.3 is 10.1 Å². The van der Waals surface area contributed by atoms with Gasteiger partial charge in [-0.05, 0) is 62.2 Å². The van der Waals surface area contributed by atoms with Crippen molar-refractivity contribution in [1.29, 1.82) is 0 Å². The van der Waals surface area contributed by atoms with Crippen molar-refractivity contribution < 1.29 is 22.7 Å². The summed E-state index contributed by atoms with van der Waals surface area (Å²) in [5.74, 6) is -1.17. The second-order valence-corrected chi connectivity index (χ2v) is 9.21. The maximum atomic E-state index is 11.8. The van der Waals surface area contributed by atoms with Crippen LogP contribution in [0.5, 0.6) is 0 Å². The molecular formula is C13H10Br2N2O5S2. The van der Waals surface area contributed by atoms with Gasteiger partial charge in [-0.2, -0.15) is 0 Å². The lowest BCUT2D eigenvalue weighted by Gasteiger charge is -2.06. The number of amides is 1. The Morgan fingerprint density at radius 1 is 1.21 bits per heavy atom. The lowest BCUT2D eigenvalue weighted by atomic mass is 10.3. The van der Waals surface area contributed by atoms with Crippen molar-refractivity contribution in [3.8, 4) is 0 Å². The molecule has 128 valence electrons. The molecule has 0 fully saturated rings. The SMILES string of the molecule is NS(=O)(=O)c1ccc(NC(=O)COC(=O)c2cc(Br)c(Br)s2)cc1. The molecule has 0 bridgehead atoms. The number of thiophene rings is 1. The average molecular weight is 498 g/mol. The molecule has 2 aromatic rings. The summed E-state index contributed by atoms with van der Waals surface area (Å²) in [7, 11) is -3.79. The lowest BCUT2D eigenvalue weighted by molar-refractivity contribution is -0.119. The molecule has 3 N–H and O–H groups in total. The molecule has 1 amide bonds. The summed E-state index contributed by atoms with van der Waals surface area (Å²) in [4.78, 5) is 23.8. The van der Waals surface area contributed by atoms with Crippen LogP contribution >= 0.6 is 43.2 Å². The van der Waals surface area contributed by atoms with E-state index in [2.05, 4.69) is 37.2 Å². The number of primary sulfonamides is 1. The highest BCUT2D eigenvalue weighted by Gasteiger charge is 2.15. The van der Waals surface area contributed by atoms with Crippen molar-refractivity contribution in [2.45, 2.75) is 4.90 Å². The van der Waals surface area contributed by atoms with E-state index < -0.39 is 28.5 Å². The molecule has 0 spiro atoms. The van der Waals surface area contributed by atoms with E-state index in [1.165, 1.54) is 35.6 Å². The quantitative estimate of drug-likeness (QED) is 0.616. The molecule has 0 unspecified atom stereocenters. The number of esters is 1. The van der Waals surface area contributed by atoms with Crippen molar-refractivity contribution >= 4 is 70.8 Å². The van der Waals surface area contributed by atoms with E-state index in [4.69, 9.17) is 9.88 Å². The standard InChI is InChI=1S/C13H10Br2N2O5S2/c14-9-5-10(23-12(9)15)13(19)22-6-11(18)17-7-1-3-8(4-2-7)24(16,20)21/h1-5H,6H2,(H,17,18)(H2,16,20,21). The van der Waals surface area contributed by atoms with Gasteiger partial charge in [0.15, 0.2) is 6.61 Å². The third kappa shape index (κ3) is 5.11. The van der Waals surface area contributed by atoms with Gasteiger partial charge in [0.2, 0.25) is 10.0 Å². The van der Waals surface area contributed by atoms with Crippen molar-refractivity contribution in [2.75, 3.05) is 11.9 Å². The summed E-state index contributed by atoms with van der Waals surface area (Å²) in [5.41, 5.74) is 0.352. The van der Waals surface area contributed by atoms with E-state index in [-0.39, 0.29) is 4.90 Å². The molecule has 24 heavy (non-hydrogen) atoms. The number of halogens is 2. The Labute approximate surface area is 158 Å². The highest BCUT2D eigenvalue weighted by Crippen LogP contribution is 2.32. The molecule has 0 saturated carbocycles. The largest absolute Gasteiger partial charge is 0.451 e. The van der Waals surface area contributed by atoms with E-state index >= 15 is 0 Å². The number of rotatable bonds is 5. The minimum Gasteiger partial charge on any atom is -0.451 e. The van der Waals surface area contributed by atoms with Crippen LogP contribution in [0.3, 0.4) is 0 Å². The van der Waals surface area contributed by atoms with E-state index in [9.17, 15) is 18.0 Å². The van der Waals surface area contributed by atoms with E-state index in [1.54, 1.807) is 6.07 Å². The zero-order chi connectivity index (χ0) is 17.9. The number of nitrogens with two attached hydrogens (primary N) is 1. The van der Waals surface area contributed by atoms with Crippen LogP contribution in [0.1, 0.15) is 9.67 Å². The normalized spacial score (nSPS) is 11.1. The Balaban J connectivity index is 1.90. The Hall–Kier alpha value is -1.27. The average Bonchev–Trinajstić information content (AvgIpc) is 2.84. The third-order valence-corrected chi connectivity index (χ3v) is 6.81. The van der Waals surface area contributed by atoms with Crippen LogP contribution < -0.4 is 10.5 Å². The summed E-state index contributed by atoms with van der Waals surface area (Å²) in [5, 5.41) is 7.46. The maximum Gasteiger partial charge on any atom is 0.348 e. The van der Waals surface area contributed by atoms with Crippen molar-refractivity contribution in [1.82, 2.24) is 0 Å². The Morgan fingerprint density at radius 3 is 2.33 bits per heavy atom. The fourth-order valence-corrected chi connectivity index (χ4v) is 4.02. The van der Waals surface area contributed by atoms with E-state index in [0.29, 0.717) is 10.6 Å². The fourth-order valence-electron chi connectivity index (χ4n) is 1.57. The van der Waals surface area contributed by atoms with Gasteiger partial charge in [0.05, 0.1) is 8.68 Å². The molecule has 0 aliphatic rings. The number of anilines is 1. The first-order chi connectivity index (χ1) is 11.2. The third-order valence-electron chi connectivity index (χ3n) is 2.65. The predicted molar refractivity (Wildman–Crippen MR) is 96.4 cm³/mol. The number of carbonyl (C=O) groups excluding carboxylic acids is 2. The summed E-state index contributed by atoms with van der Waals surface area (Å²) in [6, 6.07) is 6.87. The highest BCUT2D eigenvalue weighted by molar-refractivity contribution is 9.13. The number of ether oxygens (including phenoxy) is 1. The molecule has 0 radical (unpaired) electrons. The molecule has 2 rings (SSSR count). The van der Waals surface area contributed by atoms with Crippen LogP contribution in [-0.4, -0.2) is 26.9 Å². The number of sulfonamides is 1. The molecule has 1 aromatic heterocycles. The summed E-state index contributed by atoms with van der Waals surface area (Å²) in [6.45, 7) is -0.469. The van der Waals surface area contributed by atoms with Crippen molar-refractivity contribution in [2.24, 2.45) is 5.14 Å². The molecule has 0 aliphatic heterocycles. The van der Waals surface area contributed by atoms with Crippen molar-refractivity contribution in [3.05, 3.63) is 43.5 Å². The monoisotopic (exact) mass is 496 g/mol. The smallest absolute Gasteiger partial charge is 0.348 e. The number of hydrogen-bond donors (Lipinski definition) is 2. The summed E-state index contributed by atoms with van der Waals surface area (Å²) < 4.78 is 28.6. The van der Waals surface area contributed by atoms with Crippen LogP contribution in [0.25, 0.3) is 0 Å². The summed E-state index contributed by atoms with van der Waals surface area (Å²) in [6.07, 6.45) is 0. The molecule has 0 aliphatic carbocycles. The molecular weight excluding hydrogens is 488 g/mol. The van der Waals surface area contributed by atoms with Gasteiger partial charge in [0.1, 0.15) is 4.88 Å². The van der Waals surface area contributed by atoms with Crippen LogP contribution in [0.4, 0.5) is 5.69 Å². The Bertz CT molecular complexity index is 859. The van der Waals surface area contributed by atoms with Crippen LogP contribution in [-0.2, 0) is 19.6 Å². The van der Waals surface area contributed by atoms with Gasteiger partial charge >= 0.3 is 5.97 Å². The molecule has 1 aromatic carbocycles. The molecule has 11 heteroatoms. The van der Waals surface area contributed by atoms with Gasteiger partial charge in [-0.1, -0.05) is 0 Å². The second kappa shape index (κ2) is 7.74. The van der Waals surface area contributed by atoms with Gasteiger partial charge in [-0.3, -0.25) is 4.79 Å². The van der Waals surface area contributed by atoms with Crippen LogP contribution in [0, 0.1) is 0 Å². The maximum absolute atomic E-state index is 11.8. The molecule has 7 nitrogen and oxygen atoms in total. The predicted octanol–water partition coefficient (Wildman–Crippen LogP) is 2.72. The highest BCUT2D eigenvalue weighted by atomic mass is 79.9. The number of nitrogens with one attached hydrogen (secondary N) is 1. The first kappa shape index (κ1) is 19.1. The number of hydrogen-bond acceptors (Lipinski definition) is 6. The zero-order valence-electron chi connectivity index (χ0n) is 11.8. The second-order valence-electron chi connectivity index (χ2n) is 4.43. The minimum atomic E-state index is -3.79. The topological polar surface area (TPSA) is 116 Å².